The van der Waals surface area contributed by atoms with Crippen LogP contribution in [0.15, 0.2) is 30.6 Å². The molecular formula is C17H15ClN4O3S. The molecule has 1 aromatic carbocycles. The number of hydrogen-bond donors (Lipinski definition) is 2. The number of thiophene rings is 1. The quantitative estimate of drug-likeness (QED) is 0.511. The number of nitrogens with zero attached hydrogens (tertiary/aromatic N) is 2. The van der Waals surface area contributed by atoms with Crippen molar-refractivity contribution < 1.29 is 14.3 Å². The minimum absolute atomic E-state index is 0.289. The zero-order chi connectivity index (χ0) is 18.7. The van der Waals surface area contributed by atoms with Crippen LogP contribution in [0.25, 0.3) is 10.2 Å². The van der Waals surface area contributed by atoms with Gasteiger partial charge in [0, 0.05) is 0 Å². The van der Waals surface area contributed by atoms with Gasteiger partial charge in [-0.25, -0.2) is 14.8 Å². The fourth-order valence-corrected chi connectivity index (χ4v) is 3.65. The third-order valence-electron chi connectivity index (χ3n) is 3.60. The lowest BCUT2D eigenvalue weighted by molar-refractivity contribution is 0.0531. The van der Waals surface area contributed by atoms with Gasteiger partial charge in [-0.2, -0.15) is 0 Å². The van der Waals surface area contributed by atoms with Gasteiger partial charge in [-0.1, -0.05) is 23.7 Å². The Kier molecular flexibility index (Phi) is 5.34. The average Bonchev–Trinajstić information content (AvgIpc) is 2.98. The van der Waals surface area contributed by atoms with Gasteiger partial charge in [-0.3, -0.25) is 15.6 Å². The summed E-state index contributed by atoms with van der Waals surface area (Å²) in [4.78, 5) is 33.8. The molecule has 0 aliphatic heterocycles. The summed E-state index contributed by atoms with van der Waals surface area (Å²) in [5.41, 5.74) is 6.37. The van der Waals surface area contributed by atoms with Crippen molar-refractivity contribution in [1.82, 2.24) is 15.4 Å². The lowest BCUT2D eigenvalue weighted by Crippen LogP contribution is -2.30. The van der Waals surface area contributed by atoms with Crippen molar-refractivity contribution in [3.8, 4) is 0 Å². The molecule has 0 spiro atoms. The van der Waals surface area contributed by atoms with Gasteiger partial charge < -0.3 is 4.74 Å². The molecule has 26 heavy (non-hydrogen) atoms. The van der Waals surface area contributed by atoms with Crippen LogP contribution in [0, 0.1) is 6.92 Å². The van der Waals surface area contributed by atoms with E-state index in [9.17, 15) is 9.59 Å². The van der Waals surface area contributed by atoms with Crippen LogP contribution in [0.3, 0.4) is 0 Å². The number of nitrogens with one attached hydrogen (secondary N) is 2. The fraction of sp³-hybridized carbons (Fsp3) is 0.176. The number of hydrazine groups is 1. The topological polar surface area (TPSA) is 93.2 Å². The molecule has 2 N–H and O–H groups in total. The van der Waals surface area contributed by atoms with E-state index in [0.717, 1.165) is 0 Å². The second-order valence-corrected chi connectivity index (χ2v) is 6.64. The fourth-order valence-electron chi connectivity index (χ4n) is 2.39. The monoisotopic (exact) mass is 390 g/mol. The molecular weight excluding hydrogens is 376 g/mol. The number of aryl methyl sites for hydroxylation is 1. The molecule has 0 unspecified atom stereocenters. The molecule has 0 saturated heterocycles. The molecule has 9 heteroatoms. The highest BCUT2D eigenvalue weighted by atomic mass is 35.5. The molecule has 0 aliphatic rings. The molecule has 0 radical (unpaired) electrons. The highest BCUT2D eigenvalue weighted by Crippen LogP contribution is 2.33. The van der Waals surface area contributed by atoms with Crippen molar-refractivity contribution in [2.45, 2.75) is 13.8 Å². The zero-order valence-electron chi connectivity index (χ0n) is 14.0. The van der Waals surface area contributed by atoms with Crippen LogP contribution in [-0.2, 0) is 4.74 Å². The van der Waals surface area contributed by atoms with Crippen molar-refractivity contribution in [2.24, 2.45) is 0 Å². The molecule has 3 aromatic rings. The van der Waals surface area contributed by atoms with Crippen molar-refractivity contribution in [3.05, 3.63) is 51.6 Å². The third kappa shape index (κ3) is 3.47. The van der Waals surface area contributed by atoms with E-state index in [2.05, 4.69) is 20.8 Å². The van der Waals surface area contributed by atoms with Gasteiger partial charge in [-0.05, 0) is 31.5 Å². The van der Waals surface area contributed by atoms with Crippen molar-refractivity contribution in [1.29, 1.82) is 0 Å². The summed E-state index contributed by atoms with van der Waals surface area (Å²) in [5, 5.41) is 0.996. The summed E-state index contributed by atoms with van der Waals surface area (Å²) < 4.78 is 5.07. The van der Waals surface area contributed by atoms with E-state index in [1.807, 2.05) is 0 Å². The van der Waals surface area contributed by atoms with Gasteiger partial charge in [0.05, 0.1) is 22.6 Å². The maximum atomic E-state index is 12.3. The standard InChI is InChI=1S/C17H15ClN4O3S/c1-3-25-17(24)13-9(2)12-14(19-8-20-16(12)26-13)21-22-15(23)10-6-4-5-7-11(10)18/h4-8H,3H2,1-2H3,(H,22,23)(H,19,20,21). The number of benzene rings is 1. The first kappa shape index (κ1) is 18.1. The Morgan fingerprint density at radius 3 is 2.77 bits per heavy atom. The Balaban J connectivity index is 1.88. The van der Waals surface area contributed by atoms with Crippen LogP contribution in [-0.4, -0.2) is 28.5 Å². The lowest BCUT2D eigenvalue weighted by Gasteiger charge is -2.10. The van der Waals surface area contributed by atoms with Gasteiger partial charge in [0.25, 0.3) is 5.91 Å². The van der Waals surface area contributed by atoms with E-state index in [1.165, 1.54) is 17.7 Å². The number of ether oxygens (including phenoxy) is 1. The number of amides is 1. The lowest BCUT2D eigenvalue weighted by atomic mass is 10.2. The van der Waals surface area contributed by atoms with Crippen LogP contribution in [0.4, 0.5) is 5.82 Å². The van der Waals surface area contributed by atoms with Gasteiger partial charge in [0.1, 0.15) is 16.0 Å². The molecule has 0 bridgehead atoms. The smallest absolute Gasteiger partial charge is 0.348 e. The first-order valence-electron chi connectivity index (χ1n) is 7.75. The first-order valence-corrected chi connectivity index (χ1v) is 8.94. The Bertz CT molecular complexity index is 989. The average molecular weight is 391 g/mol. The number of esters is 1. The van der Waals surface area contributed by atoms with E-state index in [0.29, 0.717) is 37.1 Å². The first-order chi connectivity index (χ1) is 12.5. The molecule has 134 valence electrons. The van der Waals surface area contributed by atoms with Gasteiger partial charge in [-0.15, -0.1) is 11.3 Å². The SMILES string of the molecule is CCOC(=O)c1sc2ncnc(NNC(=O)c3ccccc3Cl)c2c1C. The van der Waals surface area contributed by atoms with Crippen LogP contribution in [0.1, 0.15) is 32.5 Å². The van der Waals surface area contributed by atoms with Crippen molar-refractivity contribution in [3.63, 3.8) is 0 Å². The van der Waals surface area contributed by atoms with E-state index in [1.54, 1.807) is 38.1 Å². The number of hydrogen-bond acceptors (Lipinski definition) is 7. The number of rotatable bonds is 5. The summed E-state index contributed by atoms with van der Waals surface area (Å²) in [7, 11) is 0. The van der Waals surface area contributed by atoms with Crippen LogP contribution in [0.5, 0.6) is 0 Å². The van der Waals surface area contributed by atoms with E-state index in [4.69, 9.17) is 16.3 Å². The van der Waals surface area contributed by atoms with E-state index >= 15 is 0 Å². The second-order valence-electron chi connectivity index (χ2n) is 5.24. The number of fused-ring (bicyclic) bond motifs is 1. The Labute approximate surface area is 158 Å². The summed E-state index contributed by atoms with van der Waals surface area (Å²) in [5.74, 6) is -0.417. The molecule has 0 aliphatic carbocycles. The number of aromatic nitrogens is 2. The molecule has 2 aromatic heterocycles. The minimum atomic E-state index is -0.404. The highest BCUT2D eigenvalue weighted by Gasteiger charge is 2.20. The molecule has 3 rings (SSSR count). The zero-order valence-corrected chi connectivity index (χ0v) is 15.6. The highest BCUT2D eigenvalue weighted by molar-refractivity contribution is 7.20. The summed E-state index contributed by atoms with van der Waals surface area (Å²) in [6.45, 7) is 3.82. The van der Waals surface area contributed by atoms with Crippen LogP contribution < -0.4 is 10.9 Å². The summed E-state index contributed by atoms with van der Waals surface area (Å²) >= 11 is 7.24. The molecule has 7 nitrogen and oxygen atoms in total. The van der Waals surface area contributed by atoms with Gasteiger partial charge in [0.2, 0.25) is 0 Å². The summed E-state index contributed by atoms with van der Waals surface area (Å²) in [6.07, 6.45) is 1.36. The number of halogens is 1. The Morgan fingerprint density at radius 2 is 2.04 bits per heavy atom. The Hall–Kier alpha value is -2.71. The minimum Gasteiger partial charge on any atom is -0.462 e. The van der Waals surface area contributed by atoms with Crippen LogP contribution >= 0.6 is 22.9 Å². The number of carbonyl (C=O) groups excluding carboxylic acids is 2. The number of anilines is 1. The third-order valence-corrected chi connectivity index (χ3v) is 5.11. The summed E-state index contributed by atoms with van der Waals surface area (Å²) in [6, 6.07) is 6.71. The molecule has 0 atom stereocenters. The molecule has 0 fully saturated rings. The van der Waals surface area contributed by atoms with Gasteiger partial charge >= 0.3 is 5.97 Å². The molecule has 2 heterocycles. The predicted octanol–water partition coefficient (Wildman–Crippen LogP) is 3.59. The molecule has 1 amide bonds. The largest absolute Gasteiger partial charge is 0.462 e. The van der Waals surface area contributed by atoms with Gasteiger partial charge in [0.15, 0.2) is 5.82 Å². The van der Waals surface area contributed by atoms with Crippen molar-refractivity contribution >= 4 is 50.8 Å². The van der Waals surface area contributed by atoms with Crippen LogP contribution in [0.2, 0.25) is 5.02 Å². The normalized spacial score (nSPS) is 10.6. The van der Waals surface area contributed by atoms with E-state index < -0.39 is 11.9 Å². The predicted molar refractivity (Wildman–Crippen MR) is 101 cm³/mol. The Morgan fingerprint density at radius 1 is 1.27 bits per heavy atom. The maximum Gasteiger partial charge on any atom is 0.348 e. The van der Waals surface area contributed by atoms with E-state index in [-0.39, 0.29) is 6.61 Å². The number of carbonyl (C=O) groups is 2. The second kappa shape index (κ2) is 7.67. The maximum absolute atomic E-state index is 12.3. The van der Waals surface area contributed by atoms with Crippen molar-refractivity contribution in [2.75, 3.05) is 12.0 Å². The molecule has 0 saturated carbocycles.